The second kappa shape index (κ2) is 4.94. The highest BCUT2D eigenvalue weighted by Gasteiger charge is 2.07. The Labute approximate surface area is 114 Å². The Kier molecular flexibility index (Phi) is 3.52. The van der Waals surface area contributed by atoms with Gasteiger partial charge in [0.05, 0.1) is 6.54 Å². The van der Waals surface area contributed by atoms with E-state index in [0.717, 1.165) is 15.7 Å². The van der Waals surface area contributed by atoms with Crippen molar-refractivity contribution < 1.29 is 0 Å². The number of nitrogens with two attached hydrogens (primary N) is 1. The van der Waals surface area contributed by atoms with Crippen molar-refractivity contribution in [3.8, 4) is 0 Å². The molecule has 0 saturated carbocycles. The predicted octanol–water partition coefficient (Wildman–Crippen LogP) is 2.25. The summed E-state index contributed by atoms with van der Waals surface area (Å²) in [5.41, 5.74) is 8.14. The molecule has 2 rings (SSSR count). The second-order valence-corrected chi connectivity index (χ2v) is 4.98. The molecule has 0 fully saturated rings. The summed E-state index contributed by atoms with van der Waals surface area (Å²) in [6, 6.07) is 7.16. The van der Waals surface area contributed by atoms with Crippen LogP contribution in [0.25, 0.3) is 0 Å². The van der Waals surface area contributed by atoms with Crippen LogP contribution in [0.4, 0.5) is 5.69 Å². The number of nitrogen functional groups attached to an aromatic ring is 1. The van der Waals surface area contributed by atoms with Gasteiger partial charge < -0.3 is 5.73 Å². The summed E-state index contributed by atoms with van der Waals surface area (Å²) >= 11 is 3.44. The van der Waals surface area contributed by atoms with Gasteiger partial charge in [0, 0.05) is 21.9 Å². The van der Waals surface area contributed by atoms with E-state index in [1.165, 1.54) is 6.07 Å². The summed E-state index contributed by atoms with van der Waals surface area (Å²) in [6.45, 7) is 4.10. The van der Waals surface area contributed by atoms with Crippen LogP contribution in [0.2, 0.25) is 0 Å². The smallest absolute Gasteiger partial charge is 0.254 e. The van der Waals surface area contributed by atoms with Gasteiger partial charge in [-0.3, -0.25) is 9.36 Å². The van der Waals surface area contributed by atoms with Crippen molar-refractivity contribution in [2.75, 3.05) is 5.73 Å². The number of aromatic nitrogens is 2. The van der Waals surface area contributed by atoms with E-state index < -0.39 is 0 Å². The van der Waals surface area contributed by atoms with E-state index >= 15 is 0 Å². The molecule has 0 aliphatic carbocycles. The monoisotopic (exact) mass is 307 g/mol. The molecule has 0 amide bonds. The molecule has 0 saturated heterocycles. The molecular weight excluding hydrogens is 294 g/mol. The van der Waals surface area contributed by atoms with Crippen LogP contribution in [0.5, 0.6) is 0 Å². The van der Waals surface area contributed by atoms with Gasteiger partial charge >= 0.3 is 0 Å². The molecule has 1 heterocycles. The number of hydrogen-bond donors (Lipinski definition) is 1. The molecule has 94 valence electrons. The second-order valence-electron chi connectivity index (χ2n) is 4.19. The Balaban J connectivity index is 2.47. The first-order valence-corrected chi connectivity index (χ1v) is 6.36. The molecule has 4 nitrogen and oxygen atoms in total. The maximum atomic E-state index is 11.9. The maximum Gasteiger partial charge on any atom is 0.254 e. The predicted molar refractivity (Wildman–Crippen MR) is 75.6 cm³/mol. The van der Waals surface area contributed by atoms with E-state index in [1.54, 1.807) is 4.57 Å². The van der Waals surface area contributed by atoms with Crippen LogP contribution in [0, 0.1) is 13.8 Å². The van der Waals surface area contributed by atoms with Crippen molar-refractivity contribution in [3.63, 3.8) is 0 Å². The van der Waals surface area contributed by atoms with Crippen molar-refractivity contribution >= 4 is 21.6 Å². The van der Waals surface area contributed by atoms with Gasteiger partial charge in [-0.25, -0.2) is 4.98 Å². The normalized spacial score (nSPS) is 10.6. The molecule has 0 aliphatic heterocycles. The van der Waals surface area contributed by atoms with Crippen molar-refractivity contribution in [2.45, 2.75) is 20.4 Å². The summed E-state index contributed by atoms with van der Waals surface area (Å²) in [6.07, 6.45) is 0. The lowest BCUT2D eigenvalue weighted by molar-refractivity contribution is 0.693. The minimum atomic E-state index is -0.0469. The van der Waals surface area contributed by atoms with Gasteiger partial charge in [-0.15, -0.1) is 0 Å². The summed E-state index contributed by atoms with van der Waals surface area (Å²) in [7, 11) is 0. The molecule has 0 radical (unpaired) electrons. The fourth-order valence-corrected chi connectivity index (χ4v) is 2.24. The first kappa shape index (κ1) is 12.8. The van der Waals surface area contributed by atoms with Crippen LogP contribution in [0.1, 0.15) is 17.1 Å². The molecule has 1 aromatic heterocycles. The third kappa shape index (κ3) is 2.46. The summed E-state index contributed by atoms with van der Waals surface area (Å²) in [5, 5.41) is 0. The number of aryl methyl sites for hydroxylation is 2. The number of nitrogens with zero attached hydrogens (tertiary/aromatic N) is 2. The van der Waals surface area contributed by atoms with Gasteiger partial charge in [-0.2, -0.15) is 0 Å². The van der Waals surface area contributed by atoms with Crippen LogP contribution < -0.4 is 11.3 Å². The Morgan fingerprint density at radius 1 is 1.39 bits per heavy atom. The third-order valence-corrected chi connectivity index (χ3v) is 3.73. The number of halogens is 1. The van der Waals surface area contributed by atoms with Crippen LogP contribution in [-0.4, -0.2) is 9.55 Å². The minimum absolute atomic E-state index is 0.0469. The van der Waals surface area contributed by atoms with E-state index in [0.29, 0.717) is 18.1 Å². The molecule has 2 aromatic rings. The topological polar surface area (TPSA) is 60.9 Å². The molecule has 0 atom stereocenters. The third-order valence-electron chi connectivity index (χ3n) is 2.76. The summed E-state index contributed by atoms with van der Waals surface area (Å²) in [5.74, 6) is 0.703. The van der Waals surface area contributed by atoms with Gasteiger partial charge in [-0.05, 0) is 41.4 Å². The lowest BCUT2D eigenvalue weighted by Gasteiger charge is -2.12. The van der Waals surface area contributed by atoms with Gasteiger partial charge in [0.15, 0.2) is 0 Å². The fraction of sp³-hybridized carbons (Fsp3) is 0.231. The van der Waals surface area contributed by atoms with Gasteiger partial charge in [0.1, 0.15) is 5.82 Å². The van der Waals surface area contributed by atoms with E-state index in [1.807, 2.05) is 32.0 Å². The number of anilines is 1. The molecule has 18 heavy (non-hydrogen) atoms. The lowest BCUT2D eigenvalue weighted by atomic mass is 10.2. The van der Waals surface area contributed by atoms with E-state index in [2.05, 4.69) is 20.9 Å². The highest BCUT2D eigenvalue weighted by Crippen LogP contribution is 2.24. The van der Waals surface area contributed by atoms with Crippen LogP contribution >= 0.6 is 15.9 Å². The molecule has 0 bridgehead atoms. The SMILES string of the molecule is Cc1cc(=O)n(Cc2cccc(N)c2Br)c(C)n1. The minimum Gasteiger partial charge on any atom is -0.398 e. The standard InChI is InChI=1S/C13H14BrN3O/c1-8-6-12(18)17(9(2)16-8)7-10-4-3-5-11(15)13(10)14/h3-6H,7,15H2,1-2H3. The Bertz CT molecular complexity index is 649. The Morgan fingerprint density at radius 3 is 2.78 bits per heavy atom. The number of rotatable bonds is 2. The Morgan fingerprint density at radius 2 is 2.11 bits per heavy atom. The first-order chi connectivity index (χ1) is 8.49. The average molecular weight is 308 g/mol. The summed E-state index contributed by atoms with van der Waals surface area (Å²) < 4.78 is 2.46. The highest BCUT2D eigenvalue weighted by molar-refractivity contribution is 9.10. The lowest BCUT2D eigenvalue weighted by Crippen LogP contribution is -2.24. The van der Waals surface area contributed by atoms with Crippen LogP contribution in [0.15, 0.2) is 33.5 Å². The van der Waals surface area contributed by atoms with E-state index in [9.17, 15) is 4.79 Å². The fourth-order valence-electron chi connectivity index (χ4n) is 1.85. The van der Waals surface area contributed by atoms with Gasteiger partial charge in [0.2, 0.25) is 0 Å². The summed E-state index contributed by atoms with van der Waals surface area (Å²) in [4.78, 5) is 16.2. The first-order valence-electron chi connectivity index (χ1n) is 5.57. The van der Waals surface area contributed by atoms with Crippen molar-refractivity contribution in [3.05, 3.63) is 56.2 Å². The molecule has 0 aliphatic rings. The van der Waals surface area contributed by atoms with Gasteiger partial charge in [0.25, 0.3) is 5.56 Å². The van der Waals surface area contributed by atoms with Crippen LogP contribution in [-0.2, 0) is 6.54 Å². The number of benzene rings is 1. The molecule has 5 heteroatoms. The highest BCUT2D eigenvalue weighted by atomic mass is 79.9. The Hall–Kier alpha value is -1.62. The molecule has 2 N–H and O–H groups in total. The van der Waals surface area contributed by atoms with Crippen LogP contribution in [0.3, 0.4) is 0 Å². The zero-order valence-corrected chi connectivity index (χ0v) is 11.9. The van der Waals surface area contributed by atoms with Crippen molar-refractivity contribution in [2.24, 2.45) is 0 Å². The zero-order chi connectivity index (χ0) is 13.3. The van der Waals surface area contributed by atoms with E-state index in [-0.39, 0.29) is 5.56 Å². The molecular formula is C13H14BrN3O. The number of hydrogen-bond acceptors (Lipinski definition) is 3. The van der Waals surface area contributed by atoms with Crippen molar-refractivity contribution in [1.29, 1.82) is 0 Å². The molecule has 0 spiro atoms. The quantitative estimate of drug-likeness (QED) is 0.866. The van der Waals surface area contributed by atoms with E-state index in [4.69, 9.17) is 5.73 Å². The maximum absolute atomic E-state index is 11.9. The zero-order valence-electron chi connectivity index (χ0n) is 10.3. The molecule has 1 aromatic carbocycles. The molecule has 0 unspecified atom stereocenters. The van der Waals surface area contributed by atoms with Gasteiger partial charge in [-0.1, -0.05) is 12.1 Å². The average Bonchev–Trinajstić information content (AvgIpc) is 2.28. The van der Waals surface area contributed by atoms with Crippen molar-refractivity contribution in [1.82, 2.24) is 9.55 Å². The largest absolute Gasteiger partial charge is 0.398 e.